The molecule has 0 unspecified atom stereocenters. The van der Waals surface area contributed by atoms with E-state index < -0.39 is 12.4 Å². The van der Waals surface area contributed by atoms with Crippen LogP contribution < -0.4 is 10.1 Å². The van der Waals surface area contributed by atoms with Crippen LogP contribution in [0.4, 0.5) is 18.0 Å². The van der Waals surface area contributed by atoms with E-state index in [0.29, 0.717) is 13.1 Å². The van der Waals surface area contributed by atoms with Crippen molar-refractivity contribution in [2.45, 2.75) is 26.0 Å². The van der Waals surface area contributed by atoms with Crippen LogP contribution in [0.1, 0.15) is 18.4 Å². The van der Waals surface area contributed by atoms with E-state index in [1.54, 1.807) is 4.90 Å². The highest BCUT2D eigenvalue weighted by Gasteiger charge is 2.19. The molecular weight excluding hydrogens is 273 g/mol. The van der Waals surface area contributed by atoms with Crippen LogP contribution in [0.25, 0.3) is 0 Å². The number of nitrogens with zero attached hydrogens (tertiary/aromatic N) is 1. The Morgan fingerprint density at radius 2 is 2.05 bits per heavy atom. The van der Waals surface area contributed by atoms with E-state index in [4.69, 9.17) is 0 Å². The molecule has 110 valence electrons. The van der Waals surface area contributed by atoms with E-state index in [9.17, 15) is 18.0 Å². The zero-order valence-corrected chi connectivity index (χ0v) is 10.7. The molecule has 1 N–H and O–H groups in total. The monoisotopic (exact) mass is 288 g/mol. The quantitative estimate of drug-likeness (QED) is 0.925. The van der Waals surface area contributed by atoms with Gasteiger partial charge in [-0.1, -0.05) is 6.07 Å². The second-order valence-electron chi connectivity index (χ2n) is 4.45. The molecule has 1 aromatic rings. The van der Waals surface area contributed by atoms with Crippen molar-refractivity contribution in [1.82, 2.24) is 10.2 Å². The summed E-state index contributed by atoms with van der Waals surface area (Å²) >= 11 is 0. The van der Waals surface area contributed by atoms with E-state index >= 15 is 0 Å². The lowest BCUT2D eigenvalue weighted by atomic mass is 10.2. The van der Waals surface area contributed by atoms with E-state index in [1.165, 1.54) is 12.1 Å². The molecule has 0 atom stereocenters. The largest absolute Gasteiger partial charge is 0.434 e. The molecule has 0 bridgehead atoms. The molecule has 1 saturated heterocycles. The molecule has 1 aliphatic rings. The second kappa shape index (κ2) is 6.49. The minimum Gasteiger partial charge on any atom is -0.434 e. The van der Waals surface area contributed by atoms with Gasteiger partial charge >= 0.3 is 12.6 Å². The summed E-state index contributed by atoms with van der Waals surface area (Å²) in [5.41, 5.74) is -0.0830. The fraction of sp³-hybridized carbons (Fsp3) is 0.462. The van der Waals surface area contributed by atoms with Crippen molar-refractivity contribution in [3.05, 3.63) is 29.6 Å². The molecule has 0 radical (unpaired) electrons. The molecule has 2 amide bonds. The number of carbonyl (C=O) groups excluding carboxylic acids is 1. The summed E-state index contributed by atoms with van der Waals surface area (Å²) in [6.45, 7) is -1.92. The fourth-order valence-electron chi connectivity index (χ4n) is 2.11. The first-order valence-electron chi connectivity index (χ1n) is 6.33. The maximum atomic E-state index is 13.6. The molecule has 0 aliphatic carbocycles. The van der Waals surface area contributed by atoms with Gasteiger partial charge in [-0.15, -0.1) is 0 Å². The Morgan fingerprint density at radius 3 is 2.70 bits per heavy atom. The van der Waals surface area contributed by atoms with Crippen LogP contribution >= 0.6 is 0 Å². The van der Waals surface area contributed by atoms with Crippen molar-refractivity contribution in [3.63, 3.8) is 0 Å². The summed E-state index contributed by atoms with van der Waals surface area (Å²) in [6, 6.07) is 3.33. The molecule has 20 heavy (non-hydrogen) atoms. The topological polar surface area (TPSA) is 41.6 Å². The van der Waals surface area contributed by atoms with Crippen LogP contribution in [-0.4, -0.2) is 30.6 Å². The molecular formula is C13H15F3N2O2. The predicted molar refractivity (Wildman–Crippen MR) is 66.1 cm³/mol. The van der Waals surface area contributed by atoms with Gasteiger partial charge in [-0.2, -0.15) is 8.78 Å². The zero-order valence-electron chi connectivity index (χ0n) is 10.7. The standard InChI is InChI=1S/C13H15F3N2O2/c14-10-4-3-5-11(20-12(15)16)9(10)8-17-13(19)18-6-1-2-7-18/h3-5,12H,1-2,6-8H2,(H,17,19). The number of amides is 2. The number of halogens is 3. The highest BCUT2D eigenvalue weighted by atomic mass is 19.3. The molecule has 4 nitrogen and oxygen atoms in total. The minimum atomic E-state index is -3.04. The van der Waals surface area contributed by atoms with Crippen molar-refractivity contribution >= 4 is 6.03 Å². The maximum Gasteiger partial charge on any atom is 0.387 e. The predicted octanol–water partition coefficient (Wildman–Crippen LogP) is 2.73. The van der Waals surface area contributed by atoms with Gasteiger partial charge in [-0.25, -0.2) is 9.18 Å². The third-order valence-corrected chi connectivity index (χ3v) is 3.10. The van der Waals surface area contributed by atoms with E-state index in [1.807, 2.05) is 0 Å². The summed E-state index contributed by atoms with van der Waals surface area (Å²) in [5, 5.41) is 2.52. The molecule has 7 heteroatoms. The van der Waals surface area contributed by atoms with Crippen LogP contribution in [0.15, 0.2) is 18.2 Å². The Morgan fingerprint density at radius 1 is 1.35 bits per heavy atom. The van der Waals surface area contributed by atoms with Crippen molar-refractivity contribution in [2.24, 2.45) is 0 Å². The summed E-state index contributed by atoms with van der Waals surface area (Å²) in [6.07, 6.45) is 1.87. The summed E-state index contributed by atoms with van der Waals surface area (Å²) in [7, 11) is 0. The van der Waals surface area contributed by atoms with E-state index in [-0.39, 0.29) is 23.9 Å². The lowest BCUT2D eigenvalue weighted by Crippen LogP contribution is -2.37. The lowest BCUT2D eigenvalue weighted by molar-refractivity contribution is -0.0506. The van der Waals surface area contributed by atoms with Crippen LogP contribution in [0.2, 0.25) is 0 Å². The lowest BCUT2D eigenvalue weighted by Gasteiger charge is -2.17. The van der Waals surface area contributed by atoms with Crippen molar-refractivity contribution in [2.75, 3.05) is 13.1 Å². The molecule has 1 aromatic carbocycles. The number of urea groups is 1. The molecule has 1 fully saturated rings. The van der Waals surface area contributed by atoms with Crippen LogP contribution in [0.3, 0.4) is 0 Å². The van der Waals surface area contributed by atoms with Crippen molar-refractivity contribution < 1.29 is 22.7 Å². The fourth-order valence-corrected chi connectivity index (χ4v) is 2.11. The zero-order chi connectivity index (χ0) is 14.5. The maximum absolute atomic E-state index is 13.6. The van der Waals surface area contributed by atoms with E-state index in [2.05, 4.69) is 10.1 Å². The number of likely N-dealkylation sites (tertiary alicyclic amines) is 1. The molecule has 0 spiro atoms. The molecule has 1 heterocycles. The molecule has 0 saturated carbocycles. The number of hydrogen-bond donors (Lipinski definition) is 1. The van der Waals surface area contributed by atoms with Gasteiger partial charge < -0.3 is 15.0 Å². The summed E-state index contributed by atoms with van der Waals surface area (Å²) in [4.78, 5) is 13.4. The Balaban J connectivity index is 2.02. The number of rotatable bonds is 4. The number of benzene rings is 1. The normalized spacial score (nSPS) is 14.7. The Kier molecular flexibility index (Phi) is 4.70. The van der Waals surface area contributed by atoms with Crippen LogP contribution in [0.5, 0.6) is 5.75 Å². The number of nitrogens with one attached hydrogen (secondary N) is 1. The molecule has 1 aliphatic heterocycles. The smallest absolute Gasteiger partial charge is 0.387 e. The Hall–Kier alpha value is -1.92. The van der Waals surface area contributed by atoms with Crippen molar-refractivity contribution in [1.29, 1.82) is 0 Å². The Labute approximate surface area is 114 Å². The van der Waals surface area contributed by atoms with Gasteiger partial charge in [-0.05, 0) is 25.0 Å². The van der Waals surface area contributed by atoms with Gasteiger partial charge in [0.15, 0.2) is 0 Å². The first-order chi connectivity index (χ1) is 9.58. The Bertz CT molecular complexity index is 477. The highest BCUT2D eigenvalue weighted by Crippen LogP contribution is 2.23. The number of ether oxygens (including phenoxy) is 1. The SMILES string of the molecule is O=C(NCc1c(F)cccc1OC(F)F)N1CCCC1. The van der Waals surface area contributed by atoms with Gasteiger partial charge in [0.2, 0.25) is 0 Å². The highest BCUT2D eigenvalue weighted by molar-refractivity contribution is 5.74. The third-order valence-electron chi connectivity index (χ3n) is 3.10. The first-order valence-corrected chi connectivity index (χ1v) is 6.33. The van der Waals surface area contributed by atoms with Crippen LogP contribution in [-0.2, 0) is 6.54 Å². The van der Waals surface area contributed by atoms with Gasteiger partial charge in [0.05, 0.1) is 6.54 Å². The average Bonchev–Trinajstić information content (AvgIpc) is 2.91. The van der Waals surface area contributed by atoms with Crippen LogP contribution in [0, 0.1) is 5.82 Å². The summed E-state index contributed by atoms with van der Waals surface area (Å²) < 4.78 is 42.4. The second-order valence-corrected chi connectivity index (χ2v) is 4.45. The average molecular weight is 288 g/mol. The van der Waals surface area contributed by atoms with Gasteiger partial charge in [0, 0.05) is 18.7 Å². The third kappa shape index (κ3) is 3.55. The number of alkyl halides is 2. The van der Waals surface area contributed by atoms with Gasteiger partial charge in [-0.3, -0.25) is 0 Å². The van der Waals surface area contributed by atoms with Gasteiger partial charge in [0.25, 0.3) is 0 Å². The number of hydrogen-bond acceptors (Lipinski definition) is 2. The molecule has 0 aromatic heterocycles. The minimum absolute atomic E-state index is 0.0830. The number of carbonyl (C=O) groups is 1. The van der Waals surface area contributed by atoms with Crippen molar-refractivity contribution in [3.8, 4) is 5.75 Å². The first kappa shape index (κ1) is 14.5. The van der Waals surface area contributed by atoms with Gasteiger partial charge in [0.1, 0.15) is 11.6 Å². The summed E-state index contributed by atoms with van der Waals surface area (Å²) in [5.74, 6) is -0.952. The van der Waals surface area contributed by atoms with E-state index in [0.717, 1.165) is 18.9 Å². The molecule has 2 rings (SSSR count).